The van der Waals surface area contributed by atoms with Crippen LogP contribution in [0.25, 0.3) is 0 Å². The van der Waals surface area contributed by atoms with E-state index in [1.165, 1.54) is 12.5 Å². The molecule has 21 heavy (non-hydrogen) atoms. The highest BCUT2D eigenvalue weighted by atomic mass is 16.5. The Balaban J connectivity index is 1.81. The van der Waals surface area contributed by atoms with Crippen LogP contribution in [0.2, 0.25) is 0 Å². The van der Waals surface area contributed by atoms with Crippen molar-refractivity contribution in [1.29, 1.82) is 0 Å². The number of hydrogen-bond acceptors (Lipinski definition) is 4. The van der Waals surface area contributed by atoms with Crippen LogP contribution in [0, 0.1) is 0 Å². The van der Waals surface area contributed by atoms with Gasteiger partial charge < -0.3 is 9.84 Å². The Morgan fingerprint density at radius 3 is 2.67 bits per heavy atom. The molecule has 0 unspecified atom stereocenters. The number of aliphatic hydroxyl groups excluding tert-OH is 1. The fraction of sp³-hybridized carbons (Fsp3) is 0.588. The number of piperidine rings is 2. The summed E-state index contributed by atoms with van der Waals surface area (Å²) in [6.07, 6.45) is 3.13. The third kappa shape index (κ3) is 3.11. The van der Waals surface area contributed by atoms with Gasteiger partial charge in [-0.25, -0.2) is 0 Å². The molecule has 4 atom stereocenters. The fourth-order valence-electron chi connectivity index (χ4n) is 3.83. The van der Waals surface area contributed by atoms with Crippen LogP contribution >= 0.6 is 0 Å². The SMILES string of the molecule is CC(=O)O[C@H]1CC[C@H]2CC[C@@H](O)[C@@H]1N2Cc1ccccc1. The zero-order valence-electron chi connectivity index (χ0n) is 12.4. The molecule has 3 rings (SSSR count). The second-order valence-corrected chi connectivity index (χ2v) is 6.17. The number of ether oxygens (including phenoxy) is 1. The topological polar surface area (TPSA) is 49.8 Å². The van der Waals surface area contributed by atoms with Gasteiger partial charge in [0, 0.05) is 19.5 Å². The monoisotopic (exact) mass is 289 g/mol. The molecule has 0 aromatic heterocycles. The van der Waals surface area contributed by atoms with Gasteiger partial charge in [-0.3, -0.25) is 9.69 Å². The first kappa shape index (κ1) is 14.5. The third-order valence-corrected chi connectivity index (χ3v) is 4.73. The summed E-state index contributed by atoms with van der Waals surface area (Å²) in [7, 11) is 0. The summed E-state index contributed by atoms with van der Waals surface area (Å²) in [5, 5.41) is 10.4. The molecule has 0 spiro atoms. The van der Waals surface area contributed by atoms with Crippen LogP contribution in [0.4, 0.5) is 0 Å². The highest BCUT2D eigenvalue weighted by Gasteiger charge is 2.45. The van der Waals surface area contributed by atoms with Crippen molar-refractivity contribution in [2.24, 2.45) is 0 Å². The Morgan fingerprint density at radius 1 is 1.24 bits per heavy atom. The van der Waals surface area contributed by atoms with E-state index in [-0.39, 0.29) is 18.1 Å². The lowest BCUT2D eigenvalue weighted by molar-refractivity contribution is -0.166. The molecule has 2 bridgehead atoms. The standard InChI is InChI=1S/C17H23NO3/c1-12(19)21-16-10-8-14-7-9-15(20)17(16)18(14)11-13-5-3-2-4-6-13/h2-6,14-17,20H,7-11H2,1H3/t14-,15-,16+,17+/m1/s1. The number of aliphatic hydroxyl groups is 1. The summed E-state index contributed by atoms with van der Waals surface area (Å²) in [6, 6.07) is 10.7. The van der Waals surface area contributed by atoms with Crippen molar-refractivity contribution in [3.8, 4) is 0 Å². The Kier molecular flexibility index (Phi) is 4.27. The van der Waals surface area contributed by atoms with Crippen LogP contribution in [0.3, 0.4) is 0 Å². The molecular weight excluding hydrogens is 266 g/mol. The predicted octanol–water partition coefficient (Wildman–Crippen LogP) is 2.11. The molecule has 2 aliphatic heterocycles. The number of rotatable bonds is 3. The normalized spacial score (nSPS) is 32.7. The number of fused-ring (bicyclic) bond motifs is 2. The highest BCUT2D eigenvalue weighted by molar-refractivity contribution is 5.66. The molecule has 2 saturated heterocycles. The second-order valence-electron chi connectivity index (χ2n) is 6.17. The lowest BCUT2D eigenvalue weighted by Crippen LogP contribution is -2.62. The summed E-state index contributed by atoms with van der Waals surface area (Å²) in [5.74, 6) is -0.254. The van der Waals surface area contributed by atoms with Gasteiger partial charge in [-0.1, -0.05) is 30.3 Å². The van der Waals surface area contributed by atoms with Crippen molar-refractivity contribution in [3.05, 3.63) is 35.9 Å². The second kappa shape index (κ2) is 6.16. The van der Waals surface area contributed by atoms with Gasteiger partial charge in [-0.15, -0.1) is 0 Å². The van der Waals surface area contributed by atoms with Gasteiger partial charge in [0.2, 0.25) is 0 Å². The number of nitrogens with zero attached hydrogens (tertiary/aromatic N) is 1. The summed E-state index contributed by atoms with van der Waals surface area (Å²) in [4.78, 5) is 13.7. The van der Waals surface area contributed by atoms with Crippen LogP contribution in [0.5, 0.6) is 0 Å². The van der Waals surface area contributed by atoms with E-state index in [2.05, 4.69) is 17.0 Å². The number of benzene rings is 1. The molecule has 2 heterocycles. The lowest BCUT2D eigenvalue weighted by Gasteiger charge is -2.51. The molecule has 4 nitrogen and oxygen atoms in total. The first-order valence-electron chi connectivity index (χ1n) is 7.80. The average molecular weight is 289 g/mol. The molecule has 0 aliphatic carbocycles. The van der Waals surface area contributed by atoms with Gasteiger partial charge >= 0.3 is 5.97 Å². The predicted molar refractivity (Wildman–Crippen MR) is 79.6 cm³/mol. The summed E-state index contributed by atoms with van der Waals surface area (Å²) in [6.45, 7) is 2.26. The van der Waals surface area contributed by atoms with E-state index < -0.39 is 6.10 Å². The third-order valence-electron chi connectivity index (χ3n) is 4.73. The molecule has 0 amide bonds. The van der Waals surface area contributed by atoms with Gasteiger partial charge in [0.15, 0.2) is 0 Å². The smallest absolute Gasteiger partial charge is 0.302 e. The van der Waals surface area contributed by atoms with Crippen molar-refractivity contribution >= 4 is 5.97 Å². The summed E-state index contributed by atoms with van der Waals surface area (Å²) >= 11 is 0. The molecule has 1 aromatic rings. The van der Waals surface area contributed by atoms with E-state index in [4.69, 9.17) is 4.74 Å². The number of carbonyl (C=O) groups is 1. The first-order valence-corrected chi connectivity index (χ1v) is 7.80. The van der Waals surface area contributed by atoms with E-state index in [9.17, 15) is 9.90 Å². The Labute approximate surface area is 125 Å². The maximum absolute atomic E-state index is 11.3. The van der Waals surface area contributed by atoms with Gasteiger partial charge in [-0.2, -0.15) is 0 Å². The van der Waals surface area contributed by atoms with E-state index in [0.29, 0.717) is 6.04 Å². The van der Waals surface area contributed by atoms with Gasteiger partial charge in [0.25, 0.3) is 0 Å². The van der Waals surface area contributed by atoms with Gasteiger partial charge in [0.05, 0.1) is 12.1 Å². The van der Waals surface area contributed by atoms with Crippen molar-refractivity contribution in [2.75, 3.05) is 0 Å². The summed E-state index contributed by atoms with van der Waals surface area (Å²) in [5.41, 5.74) is 1.24. The van der Waals surface area contributed by atoms with Crippen LogP contribution < -0.4 is 0 Å². The minimum absolute atomic E-state index is 0.0680. The number of carbonyl (C=O) groups excluding carboxylic acids is 1. The van der Waals surface area contributed by atoms with Crippen LogP contribution in [-0.2, 0) is 16.1 Å². The average Bonchev–Trinajstić information content (AvgIpc) is 2.45. The molecule has 1 N–H and O–H groups in total. The largest absolute Gasteiger partial charge is 0.461 e. The first-order chi connectivity index (χ1) is 10.1. The van der Waals surface area contributed by atoms with Crippen LogP contribution in [0.15, 0.2) is 30.3 Å². The van der Waals surface area contributed by atoms with Crippen molar-refractivity contribution in [2.45, 2.75) is 63.4 Å². The van der Waals surface area contributed by atoms with E-state index >= 15 is 0 Å². The summed E-state index contributed by atoms with van der Waals surface area (Å²) < 4.78 is 5.47. The fourth-order valence-corrected chi connectivity index (χ4v) is 3.83. The van der Waals surface area contributed by atoms with Gasteiger partial charge in [-0.05, 0) is 31.2 Å². The zero-order chi connectivity index (χ0) is 14.8. The molecule has 1 aromatic carbocycles. The zero-order valence-corrected chi connectivity index (χ0v) is 12.4. The minimum Gasteiger partial charge on any atom is -0.461 e. The maximum Gasteiger partial charge on any atom is 0.302 e. The van der Waals surface area contributed by atoms with Gasteiger partial charge in [0.1, 0.15) is 6.10 Å². The van der Waals surface area contributed by atoms with Crippen molar-refractivity contribution < 1.29 is 14.6 Å². The van der Waals surface area contributed by atoms with E-state index in [1.807, 2.05) is 18.2 Å². The molecule has 4 heteroatoms. The Morgan fingerprint density at radius 2 is 1.95 bits per heavy atom. The molecular formula is C17H23NO3. The molecule has 2 aliphatic rings. The number of esters is 1. The van der Waals surface area contributed by atoms with E-state index in [0.717, 1.165) is 32.2 Å². The van der Waals surface area contributed by atoms with Crippen LogP contribution in [-0.4, -0.2) is 40.3 Å². The molecule has 0 radical (unpaired) electrons. The van der Waals surface area contributed by atoms with Crippen LogP contribution in [0.1, 0.15) is 38.2 Å². The number of hydrogen-bond donors (Lipinski definition) is 1. The quantitative estimate of drug-likeness (QED) is 0.866. The Bertz CT molecular complexity index is 490. The maximum atomic E-state index is 11.3. The molecule has 2 fully saturated rings. The molecule has 0 saturated carbocycles. The van der Waals surface area contributed by atoms with Crippen molar-refractivity contribution in [3.63, 3.8) is 0 Å². The lowest BCUT2D eigenvalue weighted by atomic mass is 9.80. The van der Waals surface area contributed by atoms with E-state index in [1.54, 1.807) is 0 Å². The minimum atomic E-state index is -0.408. The molecule has 114 valence electrons. The Hall–Kier alpha value is -1.39. The van der Waals surface area contributed by atoms with Crippen molar-refractivity contribution in [1.82, 2.24) is 4.90 Å². The highest BCUT2D eigenvalue weighted by Crippen LogP contribution is 2.36.